The minimum Gasteiger partial charge on any atom is -0.498 e. The SMILES string of the molecule is C=CCC1=CCC(O)C(OC)=C1. The Morgan fingerprint density at radius 2 is 2.58 bits per heavy atom. The van der Waals surface area contributed by atoms with E-state index in [1.165, 1.54) is 0 Å². The summed E-state index contributed by atoms with van der Waals surface area (Å²) in [6.07, 6.45) is 6.73. The molecule has 0 saturated heterocycles. The van der Waals surface area contributed by atoms with Gasteiger partial charge in [-0.3, -0.25) is 0 Å². The van der Waals surface area contributed by atoms with Gasteiger partial charge in [0.25, 0.3) is 0 Å². The van der Waals surface area contributed by atoms with Crippen LogP contribution in [0.2, 0.25) is 0 Å². The molecule has 1 rings (SSSR count). The molecule has 0 spiro atoms. The van der Waals surface area contributed by atoms with Crippen molar-refractivity contribution in [3.05, 3.63) is 36.1 Å². The Morgan fingerprint density at radius 3 is 3.17 bits per heavy atom. The molecule has 0 aromatic rings. The number of aliphatic hydroxyl groups excluding tert-OH is 1. The van der Waals surface area contributed by atoms with Crippen molar-refractivity contribution in [2.75, 3.05) is 7.11 Å². The predicted molar refractivity (Wildman–Crippen MR) is 48.6 cm³/mol. The summed E-state index contributed by atoms with van der Waals surface area (Å²) in [6, 6.07) is 0. The fourth-order valence-electron chi connectivity index (χ4n) is 1.22. The zero-order valence-electron chi connectivity index (χ0n) is 7.29. The Labute approximate surface area is 72.9 Å². The number of aliphatic hydroxyl groups is 1. The number of methoxy groups -OCH3 is 1. The molecule has 1 atom stereocenters. The summed E-state index contributed by atoms with van der Waals surface area (Å²) in [5, 5.41) is 9.39. The number of allylic oxidation sites excluding steroid dienone is 3. The maximum atomic E-state index is 9.39. The number of rotatable bonds is 3. The van der Waals surface area contributed by atoms with Crippen molar-refractivity contribution in [3.8, 4) is 0 Å². The fraction of sp³-hybridized carbons (Fsp3) is 0.400. The van der Waals surface area contributed by atoms with E-state index in [4.69, 9.17) is 4.74 Å². The summed E-state index contributed by atoms with van der Waals surface area (Å²) in [6.45, 7) is 3.65. The van der Waals surface area contributed by atoms with E-state index in [-0.39, 0.29) is 0 Å². The predicted octanol–water partition coefficient (Wildman–Crippen LogP) is 1.78. The third-order valence-electron chi connectivity index (χ3n) is 1.88. The van der Waals surface area contributed by atoms with Crippen molar-refractivity contribution >= 4 is 0 Å². The van der Waals surface area contributed by atoms with Crippen LogP contribution in [0.25, 0.3) is 0 Å². The van der Waals surface area contributed by atoms with Crippen molar-refractivity contribution in [1.82, 2.24) is 0 Å². The van der Waals surface area contributed by atoms with Crippen LogP contribution in [0.4, 0.5) is 0 Å². The average Bonchev–Trinajstić information content (AvgIpc) is 2.09. The van der Waals surface area contributed by atoms with Gasteiger partial charge in [-0.1, -0.05) is 12.2 Å². The number of ether oxygens (including phenoxy) is 1. The monoisotopic (exact) mass is 166 g/mol. The molecule has 0 fully saturated rings. The van der Waals surface area contributed by atoms with E-state index in [1.807, 2.05) is 18.2 Å². The maximum absolute atomic E-state index is 9.39. The molecule has 1 aliphatic carbocycles. The van der Waals surface area contributed by atoms with Gasteiger partial charge in [-0.25, -0.2) is 0 Å². The summed E-state index contributed by atoms with van der Waals surface area (Å²) in [4.78, 5) is 0. The van der Waals surface area contributed by atoms with Gasteiger partial charge in [-0.2, -0.15) is 0 Å². The second-order valence-electron chi connectivity index (χ2n) is 2.77. The first kappa shape index (κ1) is 9.07. The van der Waals surface area contributed by atoms with Crippen molar-refractivity contribution in [2.45, 2.75) is 18.9 Å². The second kappa shape index (κ2) is 4.12. The van der Waals surface area contributed by atoms with Crippen LogP contribution in [0.1, 0.15) is 12.8 Å². The van der Waals surface area contributed by atoms with Gasteiger partial charge in [0, 0.05) is 0 Å². The van der Waals surface area contributed by atoms with Crippen molar-refractivity contribution < 1.29 is 9.84 Å². The molecule has 1 N–H and O–H groups in total. The molecule has 0 amide bonds. The topological polar surface area (TPSA) is 29.5 Å². The summed E-state index contributed by atoms with van der Waals surface area (Å²) in [5.41, 5.74) is 1.16. The molecule has 2 heteroatoms. The molecule has 0 saturated carbocycles. The summed E-state index contributed by atoms with van der Waals surface area (Å²) in [5.74, 6) is 0.648. The van der Waals surface area contributed by atoms with Gasteiger partial charge >= 0.3 is 0 Å². The highest BCUT2D eigenvalue weighted by molar-refractivity contribution is 5.29. The smallest absolute Gasteiger partial charge is 0.125 e. The maximum Gasteiger partial charge on any atom is 0.125 e. The lowest BCUT2D eigenvalue weighted by molar-refractivity contribution is 0.128. The minimum atomic E-state index is -0.469. The van der Waals surface area contributed by atoms with E-state index in [0.717, 1.165) is 12.0 Å². The lowest BCUT2D eigenvalue weighted by atomic mass is 10.0. The Hall–Kier alpha value is -1.02. The molecule has 0 bridgehead atoms. The van der Waals surface area contributed by atoms with Gasteiger partial charge in [0.05, 0.1) is 7.11 Å². The summed E-state index contributed by atoms with van der Waals surface area (Å²) < 4.78 is 5.02. The highest BCUT2D eigenvalue weighted by Crippen LogP contribution is 2.20. The van der Waals surface area contributed by atoms with E-state index < -0.39 is 6.10 Å². The summed E-state index contributed by atoms with van der Waals surface area (Å²) >= 11 is 0. The molecule has 66 valence electrons. The van der Waals surface area contributed by atoms with Crippen LogP contribution >= 0.6 is 0 Å². The zero-order valence-corrected chi connectivity index (χ0v) is 7.29. The van der Waals surface area contributed by atoms with Gasteiger partial charge < -0.3 is 9.84 Å². The van der Waals surface area contributed by atoms with E-state index in [1.54, 1.807) is 7.11 Å². The molecule has 0 radical (unpaired) electrons. The van der Waals surface area contributed by atoms with E-state index in [0.29, 0.717) is 12.2 Å². The average molecular weight is 166 g/mol. The van der Waals surface area contributed by atoms with E-state index >= 15 is 0 Å². The lowest BCUT2D eigenvalue weighted by Gasteiger charge is -2.17. The molecular weight excluding hydrogens is 152 g/mol. The van der Waals surface area contributed by atoms with Gasteiger partial charge in [-0.15, -0.1) is 6.58 Å². The Bertz CT molecular complexity index is 226. The fourth-order valence-corrected chi connectivity index (χ4v) is 1.22. The third-order valence-corrected chi connectivity index (χ3v) is 1.88. The van der Waals surface area contributed by atoms with Crippen LogP contribution in [0.3, 0.4) is 0 Å². The molecule has 0 heterocycles. The lowest BCUT2D eigenvalue weighted by Crippen LogP contribution is -2.14. The molecule has 0 aromatic heterocycles. The van der Waals surface area contributed by atoms with Gasteiger partial charge in [0.1, 0.15) is 11.9 Å². The third kappa shape index (κ3) is 1.98. The molecule has 0 aromatic carbocycles. The Kier molecular flexibility index (Phi) is 3.11. The van der Waals surface area contributed by atoms with Crippen LogP contribution in [-0.4, -0.2) is 18.3 Å². The van der Waals surface area contributed by atoms with Crippen LogP contribution in [-0.2, 0) is 4.74 Å². The minimum absolute atomic E-state index is 0.469. The summed E-state index contributed by atoms with van der Waals surface area (Å²) in [7, 11) is 1.58. The van der Waals surface area contributed by atoms with Gasteiger partial charge in [0.2, 0.25) is 0 Å². The van der Waals surface area contributed by atoms with Gasteiger partial charge in [-0.05, 0) is 24.5 Å². The molecular formula is C10H14O2. The number of hydrogen-bond acceptors (Lipinski definition) is 2. The van der Waals surface area contributed by atoms with Crippen molar-refractivity contribution in [3.63, 3.8) is 0 Å². The van der Waals surface area contributed by atoms with Crippen molar-refractivity contribution in [2.24, 2.45) is 0 Å². The van der Waals surface area contributed by atoms with E-state index in [2.05, 4.69) is 6.58 Å². The highest BCUT2D eigenvalue weighted by Gasteiger charge is 2.14. The largest absolute Gasteiger partial charge is 0.498 e. The quantitative estimate of drug-likeness (QED) is 0.647. The second-order valence-corrected chi connectivity index (χ2v) is 2.77. The van der Waals surface area contributed by atoms with Crippen LogP contribution < -0.4 is 0 Å². The highest BCUT2D eigenvalue weighted by atomic mass is 16.5. The normalized spacial score (nSPS) is 22.7. The molecule has 12 heavy (non-hydrogen) atoms. The van der Waals surface area contributed by atoms with Crippen LogP contribution in [0.5, 0.6) is 0 Å². The molecule has 1 unspecified atom stereocenters. The Morgan fingerprint density at radius 1 is 1.83 bits per heavy atom. The van der Waals surface area contributed by atoms with Crippen molar-refractivity contribution in [1.29, 1.82) is 0 Å². The zero-order chi connectivity index (χ0) is 8.97. The number of hydrogen-bond donors (Lipinski definition) is 1. The van der Waals surface area contributed by atoms with Gasteiger partial charge in [0.15, 0.2) is 0 Å². The first-order valence-electron chi connectivity index (χ1n) is 4.01. The molecule has 2 nitrogen and oxygen atoms in total. The molecule has 1 aliphatic rings. The molecule has 0 aliphatic heterocycles. The van der Waals surface area contributed by atoms with Crippen LogP contribution in [0.15, 0.2) is 36.1 Å². The van der Waals surface area contributed by atoms with E-state index in [9.17, 15) is 5.11 Å². The van der Waals surface area contributed by atoms with Crippen LogP contribution in [0, 0.1) is 0 Å². The first-order chi connectivity index (χ1) is 5.77. The standard InChI is InChI=1S/C10H14O2/c1-3-4-8-5-6-9(11)10(7-8)12-2/h3,5,7,9,11H,1,4,6H2,2H3. The first-order valence-corrected chi connectivity index (χ1v) is 4.01. The Balaban J connectivity index is 2.69.